The number of aliphatic hydroxyl groups excluding tert-OH is 1. The normalized spacial score (nSPS) is 12.3. The number of hydrogen-bond donors (Lipinski definition) is 2. The van der Waals surface area contributed by atoms with Crippen LogP contribution < -0.4 is 5.32 Å². The van der Waals surface area contributed by atoms with Crippen LogP contribution in [0.25, 0.3) is 0 Å². The minimum Gasteiger partial charge on any atom is -0.387 e. The highest BCUT2D eigenvalue weighted by Gasteiger charge is 2.09. The third kappa shape index (κ3) is 5.78. The molecule has 1 atom stereocenters. The molecule has 1 rings (SSSR count). The molecule has 0 aromatic heterocycles. The SMILES string of the molecule is CCOCCCNCC(O)c1ccc([N+](=O)[O-])cc1. The number of hydrogen-bond acceptors (Lipinski definition) is 5. The van der Waals surface area contributed by atoms with Crippen LogP contribution in [0.2, 0.25) is 0 Å². The maximum atomic E-state index is 10.5. The molecular weight excluding hydrogens is 248 g/mol. The first kappa shape index (κ1) is 15.6. The fourth-order valence-corrected chi connectivity index (χ4v) is 1.62. The molecule has 0 bridgehead atoms. The zero-order valence-corrected chi connectivity index (χ0v) is 11.0. The summed E-state index contributed by atoms with van der Waals surface area (Å²) in [5.41, 5.74) is 0.698. The van der Waals surface area contributed by atoms with Gasteiger partial charge in [-0.3, -0.25) is 10.1 Å². The highest BCUT2D eigenvalue weighted by molar-refractivity contribution is 5.33. The van der Waals surface area contributed by atoms with Gasteiger partial charge in [0.15, 0.2) is 0 Å². The van der Waals surface area contributed by atoms with Crippen LogP contribution in [0.15, 0.2) is 24.3 Å². The molecule has 0 heterocycles. The summed E-state index contributed by atoms with van der Waals surface area (Å²) >= 11 is 0. The van der Waals surface area contributed by atoms with Crippen LogP contribution in [0.1, 0.15) is 25.0 Å². The second kappa shape index (κ2) is 8.58. The van der Waals surface area contributed by atoms with Crippen molar-refractivity contribution in [2.75, 3.05) is 26.3 Å². The lowest BCUT2D eigenvalue weighted by molar-refractivity contribution is -0.384. The fraction of sp³-hybridized carbons (Fsp3) is 0.538. The number of aliphatic hydroxyl groups is 1. The molecule has 19 heavy (non-hydrogen) atoms. The van der Waals surface area contributed by atoms with Crippen molar-refractivity contribution in [3.05, 3.63) is 39.9 Å². The van der Waals surface area contributed by atoms with Crippen molar-refractivity contribution in [3.8, 4) is 0 Å². The Bertz CT molecular complexity index is 381. The standard InChI is InChI=1S/C13H20N2O4/c1-2-19-9-3-8-14-10-13(16)11-4-6-12(7-5-11)15(17)18/h4-7,13-14,16H,2-3,8-10H2,1H3. The van der Waals surface area contributed by atoms with Crippen LogP contribution in [0.5, 0.6) is 0 Å². The van der Waals surface area contributed by atoms with Crippen molar-refractivity contribution < 1.29 is 14.8 Å². The first-order valence-electron chi connectivity index (χ1n) is 6.36. The number of nitrogens with one attached hydrogen (secondary N) is 1. The Morgan fingerprint density at radius 3 is 2.68 bits per heavy atom. The van der Waals surface area contributed by atoms with Gasteiger partial charge in [0.1, 0.15) is 0 Å². The fourth-order valence-electron chi connectivity index (χ4n) is 1.62. The average molecular weight is 268 g/mol. The Morgan fingerprint density at radius 1 is 1.42 bits per heavy atom. The number of nitrogens with zero attached hydrogens (tertiary/aromatic N) is 1. The van der Waals surface area contributed by atoms with Gasteiger partial charge >= 0.3 is 0 Å². The molecule has 1 aromatic rings. The molecule has 0 aliphatic carbocycles. The van der Waals surface area contributed by atoms with Gasteiger partial charge in [-0.2, -0.15) is 0 Å². The van der Waals surface area contributed by atoms with E-state index in [1.54, 1.807) is 12.1 Å². The molecule has 6 heteroatoms. The van der Waals surface area contributed by atoms with Crippen molar-refractivity contribution >= 4 is 5.69 Å². The van der Waals surface area contributed by atoms with E-state index in [0.29, 0.717) is 25.3 Å². The van der Waals surface area contributed by atoms with Gasteiger partial charge in [0.05, 0.1) is 11.0 Å². The highest BCUT2D eigenvalue weighted by atomic mass is 16.6. The van der Waals surface area contributed by atoms with Crippen LogP contribution in [0.3, 0.4) is 0 Å². The van der Waals surface area contributed by atoms with Gasteiger partial charge in [-0.05, 0) is 37.6 Å². The molecule has 2 N–H and O–H groups in total. The van der Waals surface area contributed by atoms with E-state index < -0.39 is 11.0 Å². The molecule has 0 saturated heterocycles. The topological polar surface area (TPSA) is 84.6 Å². The second-order valence-electron chi connectivity index (χ2n) is 4.12. The zero-order valence-electron chi connectivity index (χ0n) is 11.0. The van der Waals surface area contributed by atoms with Crippen molar-refractivity contribution in [1.82, 2.24) is 5.32 Å². The van der Waals surface area contributed by atoms with Crippen molar-refractivity contribution in [2.24, 2.45) is 0 Å². The first-order chi connectivity index (χ1) is 9.15. The van der Waals surface area contributed by atoms with Gasteiger partial charge in [0, 0.05) is 31.9 Å². The summed E-state index contributed by atoms with van der Waals surface area (Å²) in [5, 5.41) is 23.5. The molecule has 0 spiro atoms. The summed E-state index contributed by atoms with van der Waals surface area (Å²) in [6.45, 7) is 4.56. The highest BCUT2D eigenvalue weighted by Crippen LogP contribution is 2.17. The quantitative estimate of drug-likeness (QED) is 0.404. The predicted molar refractivity (Wildman–Crippen MR) is 72.0 cm³/mol. The van der Waals surface area contributed by atoms with Gasteiger partial charge < -0.3 is 15.2 Å². The smallest absolute Gasteiger partial charge is 0.269 e. The third-order valence-corrected chi connectivity index (χ3v) is 2.67. The summed E-state index contributed by atoms with van der Waals surface area (Å²) in [4.78, 5) is 10.0. The van der Waals surface area contributed by atoms with Crippen LogP contribution >= 0.6 is 0 Å². The number of benzene rings is 1. The van der Waals surface area contributed by atoms with Gasteiger partial charge in [0.25, 0.3) is 5.69 Å². The maximum Gasteiger partial charge on any atom is 0.269 e. The van der Waals surface area contributed by atoms with Gasteiger partial charge in [-0.1, -0.05) is 0 Å². The summed E-state index contributed by atoms with van der Waals surface area (Å²) in [7, 11) is 0. The lowest BCUT2D eigenvalue weighted by Gasteiger charge is -2.12. The Kier molecular flexibility index (Phi) is 7.02. The number of rotatable bonds is 9. The summed E-state index contributed by atoms with van der Waals surface area (Å²) < 4.78 is 5.19. The minimum absolute atomic E-state index is 0.0284. The molecule has 1 unspecified atom stereocenters. The Hall–Kier alpha value is -1.50. The maximum absolute atomic E-state index is 10.5. The van der Waals surface area contributed by atoms with E-state index in [2.05, 4.69) is 5.32 Å². The van der Waals surface area contributed by atoms with Gasteiger partial charge in [-0.15, -0.1) is 0 Å². The van der Waals surface area contributed by atoms with Crippen LogP contribution in [0, 0.1) is 10.1 Å². The first-order valence-corrected chi connectivity index (χ1v) is 6.36. The zero-order chi connectivity index (χ0) is 14.1. The third-order valence-electron chi connectivity index (χ3n) is 2.67. The molecule has 0 aliphatic heterocycles. The molecule has 0 fully saturated rings. The van der Waals surface area contributed by atoms with E-state index in [1.807, 2.05) is 6.92 Å². The van der Waals surface area contributed by atoms with E-state index in [0.717, 1.165) is 13.0 Å². The van der Waals surface area contributed by atoms with E-state index in [9.17, 15) is 15.2 Å². The molecular formula is C13H20N2O4. The van der Waals surface area contributed by atoms with E-state index in [-0.39, 0.29) is 5.69 Å². The van der Waals surface area contributed by atoms with E-state index in [4.69, 9.17) is 4.74 Å². The predicted octanol–water partition coefficient (Wildman–Crippen LogP) is 1.64. The second-order valence-corrected chi connectivity index (χ2v) is 4.12. The van der Waals surface area contributed by atoms with Gasteiger partial charge in [-0.25, -0.2) is 0 Å². The largest absolute Gasteiger partial charge is 0.387 e. The monoisotopic (exact) mass is 268 g/mol. The van der Waals surface area contributed by atoms with Crippen LogP contribution in [-0.4, -0.2) is 36.3 Å². The molecule has 0 aliphatic rings. The summed E-state index contributed by atoms with van der Waals surface area (Å²) in [6.07, 6.45) is 0.230. The van der Waals surface area contributed by atoms with Gasteiger partial charge in [0.2, 0.25) is 0 Å². The van der Waals surface area contributed by atoms with Crippen molar-refractivity contribution in [1.29, 1.82) is 0 Å². The van der Waals surface area contributed by atoms with Crippen LogP contribution in [-0.2, 0) is 4.74 Å². The lowest BCUT2D eigenvalue weighted by atomic mass is 10.1. The Morgan fingerprint density at radius 2 is 2.11 bits per heavy atom. The van der Waals surface area contributed by atoms with Crippen molar-refractivity contribution in [2.45, 2.75) is 19.4 Å². The average Bonchev–Trinajstić information content (AvgIpc) is 2.42. The molecule has 0 saturated carbocycles. The molecule has 0 radical (unpaired) electrons. The Labute approximate surface area is 112 Å². The number of nitro benzene ring substituents is 1. The molecule has 1 aromatic carbocycles. The molecule has 106 valence electrons. The summed E-state index contributed by atoms with van der Waals surface area (Å²) in [5.74, 6) is 0. The molecule has 0 amide bonds. The lowest BCUT2D eigenvalue weighted by Crippen LogP contribution is -2.23. The van der Waals surface area contributed by atoms with Crippen molar-refractivity contribution in [3.63, 3.8) is 0 Å². The summed E-state index contributed by atoms with van der Waals surface area (Å²) in [6, 6.07) is 5.94. The number of nitro groups is 1. The van der Waals surface area contributed by atoms with E-state index in [1.165, 1.54) is 12.1 Å². The van der Waals surface area contributed by atoms with E-state index >= 15 is 0 Å². The minimum atomic E-state index is -0.659. The number of ether oxygens (including phenoxy) is 1. The Balaban J connectivity index is 2.29. The van der Waals surface area contributed by atoms with Crippen LogP contribution in [0.4, 0.5) is 5.69 Å². The number of non-ortho nitro benzene ring substituents is 1. The molecule has 6 nitrogen and oxygen atoms in total.